The van der Waals surface area contributed by atoms with Crippen LogP contribution >= 0.6 is 0 Å². The molecule has 0 N–H and O–H groups in total. The molecule has 1 aliphatic rings. The van der Waals surface area contributed by atoms with Gasteiger partial charge in [-0.3, -0.25) is 19.0 Å². The van der Waals surface area contributed by atoms with Gasteiger partial charge >= 0.3 is 6.18 Å². The van der Waals surface area contributed by atoms with Gasteiger partial charge in [-0.1, -0.05) is 0 Å². The van der Waals surface area contributed by atoms with Crippen molar-refractivity contribution in [1.29, 1.82) is 0 Å². The van der Waals surface area contributed by atoms with E-state index in [0.717, 1.165) is 15.7 Å². The average molecular weight is 476 g/mol. The number of benzene rings is 1. The van der Waals surface area contributed by atoms with E-state index in [2.05, 4.69) is 4.98 Å². The molecule has 0 radical (unpaired) electrons. The second kappa shape index (κ2) is 8.62. The van der Waals surface area contributed by atoms with Gasteiger partial charge in [-0.15, -0.1) is 0 Å². The highest BCUT2D eigenvalue weighted by Crippen LogP contribution is 2.29. The van der Waals surface area contributed by atoms with Crippen molar-refractivity contribution in [2.75, 3.05) is 26.2 Å². The minimum Gasteiger partial charge on any atom is -0.459 e. The summed E-state index contributed by atoms with van der Waals surface area (Å²) in [6, 6.07) is 5.00. The maximum Gasteiger partial charge on any atom is 0.438 e. The molecule has 1 aliphatic heterocycles. The van der Waals surface area contributed by atoms with E-state index < -0.39 is 29.4 Å². The van der Waals surface area contributed by atoms with Gasteiger partial charge in [-0.05, 0) is 56.2 Å². The fraction of sp³-hybridized carbons (Fsp3) is 0.391. The number of carbonyl (C=O) groups is 2. The van der Waals surface area contributed by atoms with Gasteiger partial charge in [0.1, 0.15) is 6.04 Å². The quantitative estimate of drug-likeness (QED) is 0.580. The highest BCUT2D eigenvalue weighted by Gasteiger charge is 2.39. The summed E-state index contributed by atoms with van der Waals surface area (Å²) < 4.78 is 46.7. The number of piperazine rings is 1. The van der Waals surface area contributed by atoms with Crippen molar-refractivity contribution in [3.05, 3.63) is 63.5 Å². The molecule has 0 aliphatic carbocycles. The number of aryl methyl sites for hydroxylation is 2. The number of halogens is 3. The van der Waals surface area contributed by atoms with Gasteiger partial charge in [0.2, 0.25) is 11.6 Å². The van der Waals surface area contributed by atoms with E-state index in [1.165, 1.54) is 29.1 Å². The van der Waals surface area contributed by atoms with Crippen molar-refractivity contribution in [1.82, 2.24) is 19.4 Å². The van der Waals surface area contributed by atoms with E-state index in [1.807, 2.05) is 0 Å². The summed E-state index contributed by atoms with van der Waals surface area (Å²) in [6.07, 6.45) is -3.57. The number of fused-ring (bicyclic) bond motifs is 1. The van der Waals surface area contributed by atoms with Crippen LogP contribution in [0, 0.1) is 13.8 Å². The van der Waals surface area contributed by atoms with Crippen LogP contribution in [0.2, 0.25) is 0 Å². The zero-order valence-electron chi connectivity index (χ0n) is 18.8. The van der Waals surface area contributed by atoms with Crippen LogP contribution in [-0.2, 0) is 11.0 Å². The molecule has 1 saturated heterocycles. The Morgan fingerprint density at radius 1 is 1.06 bits per heavy atom. The fourth-order valence-corrected chi connectivity index (χ4v) is 4.09. The Morgan fingerprint density at radius 3 is 2.26 bits per heavy atom. The third kappa shape index (κ3) is 4.17. The number of hydrogen-bond donors (Lipinski definition) is 0. The fourth-order valence-electron chi connectivity index (χ4n) is 4.09. The van der Waals surface area contributed by atoms with E-state index in [4.69, 9.17) is 4.42 Å². The molecule has 2 aromatic heterocycles. The predicted molar refractivity (Wildman–Crippen MR) is 116 cm³/mol. The van der Waals surface area contributed by atoms with Gasteiger partial charge < -0.3 is 14.2 Å². The Balaban J connectivity index is 1.65. The van der Waals surface area contributed by atoms with Gasteiger partial charge in [-0.2, -0.15) is 13.2 Å². The van der Waals surface area contributed by atoms with Crippen molar-refractivity contribution in [3.63, 3.8) is 0 Å². The van der Waals surface area contributed by atoms with Crippen molar-refractivity contribution in [2.45, 2.75) is 33.0 Å². The Kier molecular flexibility index (Phi) is 5.96. The van der Waals surface area contributed by atoms with E-state index in [-0.39, 0.29) is 48.9 Å². The number of nitrogens with zero attached hydrogens (tertiary/aromatic N) is 4. The predicted octanol–water partition coefficient (Wildman–Crippen LogP) is 3.17. The average Bonchev–Trinajstić information content (AvgIpc) is 3.33. The molecular weight excluding hydrogens is 453 g/mol. The molecule has 3 aromatic rings. The summed E-state index contributed by atoms with van der Waals surface area (Å²) in [5.41, 5.74) is -1.30. The van der Waals surface area contributed by atoms with Gasteiger partial charge in [0.05, 0.1) is 17.3 Å². The monoisotopic (exact) mass is 476 g/mol. The third-order valence-corrected chi connectivity index (χ3v) is 6.13. The zero-order chi connectivity index (χ0) is 24.8. The molecule has 1 atom stereocenters. The van der Waals surface area contributed by atoms with Crippen molar-refractivity contribution >= 4 is 22.8 Å². The first-order valence-corrected chi connectivity index (χ1v) is 10.7. The minimum absolute atomic E-state index is 0.0106. The number of aromatic nitrogens is 2. The lowest BCUT2D eigenvalue weighted by molar-refractivity contribution is -0.143. The maximum atomic E-state index is 13.6. The highest BCUT2D eigenvalue weighted by atomic mass is 19.4. The lowest BCUT2D eigenvalue weighted by Gasteiger charge is -2.36. The molecule has 8 nitrogen and oxygen atoms in total. The lowest BCUT2D eigenvalue weighted by Crippen LogP contribution is -2.52. The molecular formula is C23H23F3N4O4. The Labute approximate surface area is 192 Å². The Morgan fingerprint density at radius 2 is 1.68 bits per heavy atom. The van der Waals surface area contributed by atoms with Crippen LogP contribution in [0.1, 0.15) is 40.3 Å². The van der Waals surface area contributed by atoms with Crippen LogP contribution in [0.15, 0.2) is 39.7 Å². The molecule has 3 heterocycles. The largest absolute Gasteiger partial charge is 0.459 e. The normalized spacial score (nSPS) is 15.6. The topological polar surface area (TPSA) is 88.7 Å². The van der Waals surface area contributed by atoms with Gasteiger partial charge in [0.25, 0.3) is 11.5 Å². The summed E-state index contributed by atoms with van der Waals surface area (Å²) in [6.45, 7) is 5.72. The first-order valence-electron chi connectivity index (χ1n) is 10.7. The first kappa shape index (κ1) is 23.5. The van der Waals surface area contributed by atoms with Gasteiger partial charge in [0, 0.05) is 26.2 Å². The molecule has 1 aromatic carbocycles. The maximum absolute atomic E-state index is 13.6. The molecule has 1 fully saturated rings. The van der Waals surface area contributed by atoms with Crippen LogP contribution in [-0.4, -0.2) is 57.3 Å². The third-order valence-electron chi connectivity index (χ3n) is 6.13. The van der Waals surface area contributed by atoms with Crippen molar-refractivity contribution in [2.24, 2.45) is 0 Å². The van der Waals surface area contributed by atoms with E-state index in [0.29, 0.717) is 0 Å². The minimum atomic E-state index is -4.97. The number of rotatable bonds is 3. The van der Waals surface area contributed by atoms with Gasteiger partial charge in [-0.25, -0.2) is 4.98 Å². The Bertz CT molecular complexity index is 1310. The summed E-state index contributed by atoms with van der Waals surface area (Å²) in [5, 5.41) is 0. The molecule has 34 heavy (non-hydrogen) atoms. The Hall–Kier alpha value is -3.63. The van der Waals surface area contributed by atoms with Crippen LogP contribution in [0.5, 0.6) is 0 Å². The van der Waals surface area contributed by atoms with Crippen LogP contribution in [0.3, 0.4) is 0 Å². The summed E-state index contributed by atoms with van der Waals surface area (Å²) >= 11 is 0. The van der Waals surface area contributed by atoms with Crippen LogP contribution in [0.4, 0.5) is 13.2 Å². The number of hydrogen-bond acceptors (Lipinski definition) is 5. The molecule has 4 rings (SSSR count). The molecule has 1 unspecified atom stereocenters. The standard InChI is InChI=1S/C23H23F3N4O4/c1-13-11-16-17(12-14(13)2)30(22(33)19(27-16)23(24,25)26)15(3)20(31)28-6-8-29(9-7-28)21(32)18-5-4-10-34-18/h4-5,10-12,15H,6-9H2,1-3H3. The first-order chi connectivity index (χ1) is 16.0. The molecule has 2 amide bonds. The molecule has 180 valence electrons. The van der Waals surface area contributed by atoms with Crippen molar-refractivity contribution < 1.29 is 27.2 Å². The molecule has 0 spiro atoms. The van der Waals surface area contributed by atoms with Gasteiger partial charge in [0.15, 0.2) is 5.76 Å². The number of carbonyl (C=O) groups excluding carboxylic acids is 2. The zero-order valence-corrected chi connectivity index (χ0v) is 18.8. The van der Waals surface area contributed by atoms with E-state index in [1.54, 1.807) is 32.0 Å². The summed E-state index contributed by atoms with van der Waals surface area (Å²) in [5.74, 6) is -0.624. The lowest BCUT2D eigenvalue weighted by atomic mass is 10.1. The number of alkyl halides is 3. The van der Waals surface area contributed by atoms with E-state index in [9.17, 15) is 27.6 Å². The molecule has 0 saturated carbocycles. The molecule has 11 heteroatoms. The van der Waals surface area contributed by atoms with Crippen LogP contribution in [0.25, 0.3) is 11.0 Å². The number of furan rings is 1. The van der Waals surface area contributed by atoms with Crippen molar-refractivity contribution in [3.8, 4) is 0 Å². The summed E-state index contributed by atoms with van der Waals surface area (Å²) in [4.78, 5) is 45.1. The smallest absolute Gasteiger partial charge is 0.438 e. The highest BCUT2D eigenvalue weighted by molar-refractivity contribution is 5.91. The molecule has 0 bridgehead atoms. The number of amides is 2. The second-order valence-electron chi connectivity index (χ2n) is 8.33. The van der Waals surface area contributed by atoms with Crippen LogP contribution < -0.4 is 5.56 Å². The SMILES string of the molecule is Cc1cc2nc(C(F)(F)F)c(=O)n(C(C)C(=O)N3CCN(C(=O)c4ccco4)CC3)c2cc1C. The second-order valence-corrected chi connectivity index (χ2v) is 8.33. The summed E-state index contributed by atoms with van der Waals surface area (Å²) in [7, 11) is 0. The van der Waals surface area contributed by atoms with E-state index >= 15 is 0 Å².